The Morgan fingerprint density at radius 1 is 1.11 bits per heavy atom. The minimum Gasteiger partial charge on any atom is -0.496 e. The first-order chi connectivity index (χ1) is 17.2. The Labute approximate surface area is 203 Å². The Hall–Kier alpha value is -4.62. The number of carbonyl (C=O) groups excluding carboxylic acids is 1. The van der Waals surface area contributed by atoms with Gasteiger partial charge in [-0.2, -0.15) is 23.5 Å². The zero-order valence-electron chi connectivity index (χ0n) is 18.8. The first-order valence-corrected chi connectivity index (χ1v) is 10.6. The standard InChI is InChI=1S/C26H19F3N4O3/c1-36-20-11-3-2-10-19(20)23(34)17-8-5-9-18(13-17)33-22(25(31)35)21(24(32-33)26(27,28)29)16-7-4-6-15(12-16)14-30/h2-13,23,34H,1H3,(H2,31,35). The maximum atomic E-state index is 14.1. The van der Waals surface area contributed by atoms with E-state index in [0.29, 0.717) is 16.9 Å². The largest absolute Gasteiger partial charge is 0.496 e. The summed E-state index contributed by atoms with van der Waals surface area (Å²) in [6.07, 6.45) is -6.11. The molecule has 0 saturated heterocycles. The van der Waals surface area contributed by atoms with Gasteiger partial charge in [-0.25, -0.2) is 4.68 Å². The van der Waals surface area contributed by atoms with Crippen LogP contribution in [0, 0.1) is 11.3 Å². The summed E-state index contributed by atoms with van der Waals surface area (Å²) in [7, 11) is 1.45. The van der Waals surface area contributed by atoms with Gasteiger partial charge < -0.3 is 15.6 Å². The zero-order valence-corrected chi connectivity index (χ0v) is 18.8. The predicted molar refractivity (Wildman–Crippen MR) is 124 cm³/mol. The highest BCUT2D eigenvalue weighted by Gasteiger charge is 2.41. The van der Waals surface area contributed by atoms with Crippen LogP contribution in [0.5, 0.6) is 5.75 Å². The fourth-order valence-electron chi connectivity index (χ4n) is 3.95. The summed E-state index contributed by atoms with van der Waals surface area (Å²) in [6.45, 7) is 0. The van der Waals surface area contributed by atoms with E-state index in [2.05, 4.69) is 5.10 Å². The summed E-state index contributed by atoms with van der Waals surface area (Å²) in [6, 6.07) is 20.0. The number of hydrogen-bond donors (Lipinski definition) is 2. The number of aliphatic hydroxyl groups is 1. The lowest BCUT2D eigenvalue weighted by atomic mass is 9.99. The van der Waals surface area contributed by atoms with Crippen LogP contribution in [0.3, 0.4) is 0 Å². The van der Waals surface area contributed by atoms with Crippen LogP contribution in [-0.2, 0) is 6.18 Å². The van der Waals surface area contributed by atoms with Crippen LogP contribution in [0.4, 0.5) is 13.2 Å². The molecule has 0 fully saturated rings. The van der Waals surface area contributed by atoms with Crippen molar-refractivity contribution in [2.24, 2.45) is 5.73 Å². The van der Waals surface area contributed by atoms with E-state index in [0.717, 1.165) is 4.68 Å². The van der Waals surface area contributed by atoms with Gasteiger partial charge in [0.05, 0.1) is 24.4 Å². The van der Waals surface area contributed by atoms with Crippen LogP contribution in [0.1, 0.15) is 39.0 Å². The highest BCUT2D eigenvalue weighted by atomic mass is 19.4. The molecule has 1 aromatic heterocycles. The van der Waals surface area contributed by atoms with Crippen molar-refractivity contribution >= 4 is 5.91 Å². The normalized spacial score (nSPS) is 12.1. The lowest BCUT2D eigenvalue weighted by Gasteiger charge is -2.16. The van der Waals surface area contributed by atoms with Crippen LogP contribution in [0.15, 0.2) is 72.8 Å². The molecule has 36 heavy (non-hydrogen) atoms. The van der Waals surface area contributed by atoms with Crippen molar-refractivity contribution in [3.8, 4) is 28.6 Å². The molecule has 0 aliphatic heterocycles. The maximum absolute atomic E-state index is 14.1. The van der Waals surface area contributed by atoms with Gasteiger partial charge in [0.15, 0.2) is 5.69 Å². The Morgan fingerprint density at radius 3 is 2.50 bits per heavy atom. The molecular formula is C26H19F3N4O3. The monoisotopic (exact) mass is 492 g/mol. The number of hydrogen-bond acceptors (Lipinski definition) is 5. The summed E-state index contributed by atoms with van der Waals surface area (Å²) in [4.78, 5) is 12.5. The molecule has 0 aliphatic carbocycles. The number of para-hydroxylation sites is 1. The molecule has 3 aromatic carbocycles. The van der Waals surface area contributed by atoms with Crippen LogP contribution in [-0.4, -0.2) is 27.9 Å². The van der Waals surface area contributed by atoms with Gasteiger partial charge in [0.2, 0.25) is 0 Å². The summed E-state index contributed by atoms with van der Waals surface area (Å²) >= 11 is 0. The average molecular weight is 492 g/mol. The third kappa shape index (κ3) is 4.52. The van der Waals surface area contributed by atoms with E-state index in [1.807, 2.05) is 6.07 Å². The van der Waals surface area contributed by atoms with Crippen molar-refractivity contribution in [3.63, 3.8) is 0 Å². The first kappa shape index (κ1) is 24.5. The minimum atomic E-state index is -4.93. The number of carbonyl (C=O) groups is 1. The molecule has 4 rings (SSSR count). The van der Waals surface area contributed by atoms with Gasteiger partial charge in [-0.3, -0.25) is 4.79 Å². The lowest BCUT2D eigenvalue weighted by Crippen LogP contribution is -2.18. The first-order valence-electron chi connectivity index (χ1n) is 10.6. The van der Waals surface area contributed by atoms with Gasteiger partial charge in [0.1, 0.15) is 17.5 Å². The molecule has 4 aromatic rings. The molecule has 1 heterocycles. The van der Waals surface area contributed by atoms with Crippen molar-refractivity contribution in [2.75, 3.05) is 7.11 Å². The number of nitriles is 1. The lowest BCUT2D eigenvalue weighted by molar-refractivity contribution is -0.140. The molecule has 10 heteroatoms. The molecule has 0 aliphatic rings. The van der Waals surface area contributed by atoms with Gasteiger partial charge in [0.25, 0.3) is 5.91 Å². The Kier molecular flexibility index (Phi) is 6.51. The maximum Gasteiger partial charge on any atom is 0.435 e. The van der Waals surface area contributed by atoms with Gasteiger partial charge in [0, 0.05) is 11.1 Å². The Balaban J connectivity index is 1.93. The van der Waals surface area contributed by atoms with Crippen molar-refractivity contribution in [1.82, 2.24) is 9.78 Å². The van der Waals surface area contributed by atoms with E-state index in [9.17, 15) is 28.3 Å². The van der Waals surface area contributed by atoms with Crippen LogP contribution < -0.4 is 10.5 Å². The number of aliphatic hydroxyl groups excluding tert-OH is 1. The van der Waals surface area contributed by atoms with E-state index in [1.54, 1.807) is 30.3 Å². The number of nitrogens with two attached hydrogens (primary N) is 1. The molecule has 7 nitrogen and oxygen atoms in total. The number of aromatic nitrogens is 2. The molecule has 1 unspecified atom stereocenters. The second kappa shape index (κ2) is 9.56. The molecule has 0 bridgehead atoms. The number of primary amides is 1. The summed E-state index contributed by atoms with van der Waals surface area (Å²) < 4.78 is 48.3. The summed E-state index contributed by atoms with van der Waals surface area (Å²) in [5, 5.41) is 23.9. The van der Waals surface area contributed by atoms with E-state index in [4.69, 9.17) is 10.5 Å². The molecule has 0 spiro atoms. The number of amides is 1. The number of benzene rings is 3. The van der Waals surface area contributed by atoms with E-state index in [-0.39, 0.29) is 16.8 Å². The number of ether oxygens (including phenoxy) is 1. The molecule has 1 amide bonds. The van der Waals surface area contributed by atoms with E-state index < -0.39 is 35.1 Å². The molecule has 3 N–H and O–H groups in total. The molecule has 0 saturated carbocycles. The smallest absolute Gasteiger partial charge is 0.435 e. The average Bonchev–Trinajstić information content (AvgIpc) is 3.30. The quantitative estimate of drug-likeness (QED) is 0.408. The van der Waals surface area contributed by atoms with Crippen LogP contribution >= 0.6 is 0 Å². The van der Waals surface area contributed by atoms with Gasteiger partial charge in [-0.05, 0) is 41.5 Å². The topological polar surface area (TPSA) is 114 Å². The van der Waals surface area contributed by atoms with E-state index in [1.165, 1.54) is 49.6 Å². The van der Waals surface area contributed by atoms with Gasteiger partial charge in [-0.1, -0.05) is 42.5 Å². The van der Waals surface area contributed by atoms with Crippen molar-refractivity contribution < 1.29 is 27.8 Å². The predicted octanol–water partition coefficient (Wildman–Crippen LogP) is 4.62. The van der Waals surface area contributed by atoms with E-state index >= 15 is 0 Å². The number of methoxy groups -OCH3 is 1. The fourth-order valence-corrected chi connectivity index (χ4v) is 3.95. The van der Waals surface area contributed by atoms with Crippen molar-refractivity contribution in [1.29, 1.82) is 5.26 Å². The van der Waals surface area contributed by atoms with Gasteiger partial charge in [-0.15, -0.1) is 0 Å². The van der Waals surface area contributed by atoms with Gasteiger partial charge >= 0.3 is 6.18 Å². The summed E-state index contributed by atoms with van der Waals surface area (Å²) in [5.74, 6) is -0.725. The fraction of sp³-hybridized carbons (Fsp3) is 0.115. The third-order valence-corrected chi connectivity index (χ3v) is 5.53. The molecule has 182 valence electrons. The Morgan fingerprint density at radius 2 is 1.83 bits per heavy atom. The molecule has 0 radical (unpaired) electrons. The van der Waals surface area contributed by atoms with Crippen molar-refractivity contribution in [3.05, 3.63) is 101 Å². The molecule has 1 atom stereocenters. The van der Waals surface area contributed by atoms with Crippen LogP contribution in [0.2, 0.25) is 0 Å². The van der Waals surface area contributed by atoms with Crippen LogP contribution in [0.25, 0.3) is 16.8 Å². The second-order valence-corrected chi connectivity index (χ2v) is 7.78. The third-order valence-electron chi connectivity index (χ3n) is 5.53. The number of halogens is 3. The summed E-state index contributed by atoms with van der Waals surface area (Å²) in [5.41, 5.74) is 4.07. The minimum absolute atomic E-state index is 0.0355. The second-order valence-electron chi connectivity index (χ2n) is 7.78. The zero-order chi connectivity index (χ0) is 26.0. The molecular weight excluding hydrogens is 473 g/mol. The number of alkyl halides is 3. The van der Waals surface area contributed by atoms with Crippen molar-refractivity contribution in [2.45, 2.75) is 12.3 Å². The Bertz CT molecular complexity index is 1490. The highest BCUT2D eigenvalue weighted by molar-refractivity contribution is 5.99. The SMILES string of the molecule is COc1ccccc1C(O)c1cccc(-n2nc(C(F)(F)F)c(-c3cccc(C#N)c3)c2C(N)=O)c1. The number of nitrogens with zero attached hydrogens (tertiary/aromatic N) is 3. The highest BCUT2D eigenvalue weighted by Crippen LogP contribution is 2.40. The number of rotatable bonds is 6.